The molecule has 5 nitrogen and oxygen atoms in total. The Hall–Kier alpha value is -2.66. The van der Waals surface area contributed by atoms with Crippen LogP contribution in [0.15, 0.2) is 54.6 Å². The van der Waals surface area contributed by atoms with Gasteiger partial charge in [0.25, 0.3) is 5.91 Å². The van der Waals surface area contributed by atoms with E-state index in [4.69, 9.17) is 4.74 Å². The molecule has 0 radical (unpaired) electrons. The van der Waals surface area contributed by atoms with E-state index in [-0.39, 0.29) is 24.3 Å². The fourth-order valence-electron chi connectivity index (χ4n) is 3.33. The van der Waals surface area contributed by atoms with Crippen LogP contribution in [0.5, 0.6) is 5.75 Å². The fourth-order valence-corrected chi connectivity index (χ4v) is 3.33. The van der Waals surface area contributed by atoms with E-state index in [1.54, 1.807) is 24.3 Å². The van der Waals surface area contributed by atoms with E-state index in [9.17, 15) is 9.59 Å². The molecule has 2 rings (SSSR count). The minimum absolute atomic E-state index is 0.0443. The Kier molecular flexibility index (Phi) is 9.38. The van der Waals surface area contributed by atoms with Gasteiger partial charge in [0.05, 0.1) is 0 Å². The highest BCUT2D eigenvalue weighted by Gasteiger charge is 2.17. The first-order chi connectivity index (χ1) is 14.1. The lowest BCUT2D eigenvalue weighted by atomic mass is 10.0. The van der Waals surface area contributed by atoms with Gasteiger partial charge >= 0.3 is 0 Å². The normalized spacial score (nSPS) is 11.9. The minimum atomic E-state index is -0.149. The molecular weight excluding hydrogens is 364 g/mol. The van der Waals surface area contributed by atoms with Crippen molar-refractivity contribution in [2.75, 3.05) is 26.2 Å². The molecule has 0 bridgehead atoms. The number of Topliss-reactive ketones (excluding diaryl/α,β-unsaturated/α-hetero) is 1. The second-order valence-corrected chi connectivity index (χ2v) is 6.96. The molecule has 0 saturated heterocycles. The Morgan fingerprint density at radius 1 is 0.966 bits per heavy atom. The van der Waals surface area contributed by atoms with Gasteiger partial charge in [0.15, 0.2) is 12.4 Å². The van der Waals surface area contributed by atoms with Gasteiger partial charge in [-0.1, -0.05) is 51.1 Å². The number of rotatable bonds is 12. The highest BCUT2D eigenvalue weighted by Crippen LogP contribution is 2.13. The van der Waals surface area contributed by atoms with E-state index in [1.807, 2.05) is 25.1 Å². The van der Waals surface area contributed by atoms with Crippen LogP contribution in [0.25, 0.3) is 0 Å². The number of likely N-dealkylation sites (N-methyl/N-ethyl adjacent to an activating group) is 1. The van der Waals surface area contributed by atoms with Crippen molar-refractivity contribution >= 4 is 11.7 Å². The molecule has 0 saturated carbocycles. The number of carbonyl (C=O) groups is 2. The van der Waals surface area contributed by atoms with Crippen molar-refractivity contribution in [3.63, 3.8) is 0 Å². The number of ether oxygens (including phenoxy) is 1. The van der Waals surface area contributed by atoms with Crippen molar-refractivity contribution in [3.05, 3.63) is 65.7 Å². The summed E-state index contributed by atoms with van der Waals surface area (Å²) in [6.07, 6.45) is 1.36. The maximum Gasteiger partial charge on any atom is 0.257 e. The van der Waals surface area contributed by atoms with Gasteiger partial charge in [-0.2, -0.15) is 0 Å². The van der Waals surface area contributed by atoms with E-state index in [1.165, 1.54) is 5.56 Å². The first-order valence-electron chi connectivity index (χ1n) is 10.4. The molecule has 0 spiro atoms. The van der Waals surface area contributed by atoms with Gasteiger partial charge in [-0.15, -0.1) is 0 Å². The third-order valence-electron chi connectivity index (χ3n) is 5.05. The Morgan fingerprint density at radius 3 is 2.21 bits per heavy atom. The lowest BCUT2D eigenvalue weighted by molar-refractivity contribution is -0.123. The Bertz CT molecular complexity index is 755. The van der Waals surface area contributed by atoms with Gasteiger partial charge in [0, 0.05) is 24.6 Å². The molecule has 0 aliphatic rings. The second-order valence-electron chi connectivity index (χ2n) is 6.96. The molecular formula is C24H32N2O3. The van der Waals surface area contributed by atoms with E-state index in [2.05, 4.69) is 36.2 Å². The molecule has 1 amide bonds. The molecule has 1 unspecified atom stereocenters. The summed E-state index contributed by atoms with van der Waals surface area (Å²) in [5.41, 5.74) is 1.92. The van der Waals surface area contributed by atoms with Crippen LogP contribution in [0.2, 0.25) is 0 Å². The summed E-state index contributed by atoms with van der Waals surface area (Å²) in [5, 5.41) is 3.00. The monoisotopic (exact) mass is 396 g/mol. The average molecular weight is 397 g/mol. The van der Waals surface area contributed by atoms with Crippen LogP contribution in [0.3, 0.4) is 0 Å². The van der Waals surface area contributed by atoms with Crippen LogP contribution in [0, 0.1) is 0 Å². The van der Waals surface area contributed by atoms with E-state index < -0.39 is 0 Å². The van der Waals surface area contributed by atoms with Crippen molar-refractivity contribution < 1.29 is 14.3 Å². The Balaban J connectivity index is 1.86. The van der Waals surface area contributed by atoms with Crippen molar-refractivity contribution in [3.8, 4) is 5.75 Å². The van der Waals surface area contributed by atoms with Gasteiger partial charge in [-0.3, -0.25) is 14.5 Å². The van der Waals surface area contributed by atoms with Crippen molar-refractivity contribution in [2.24, 2.45) is 0 Å². The number of nitrogens with one attached hydrogen (secondary N) is 1. The zero-order valence-corrected chi connectivity index (χ0v) is 17.7. The summed E-state index contributed by atoms with van der Waals surface area (Å²) in [4.78, 5) is 26.3. The van der Waals surface area contributed by atoms with Crippen LogP contribution in [-0.4, -0.2) is 48.9 Å². The van der Waals surface area contributed by atoms with Crippen LogP contribution < -0.4 is 10.1 Å². The van der Waals surface area contributed by atoms with Crippen LogP contribution in [-0.2, 0) is 11.2 Å². The third-order valence-corrected chi connectivity index (χ3v) is 5.05. The standard InChI is InChI=1S/C24H32N2O3/c1-4-23(27)20-12-14-22(15-13-20)29-18-24(28)25-17-21(26(5-2)6-3)16-19-10-8-7-9-11-19/h7-15,21H,4-6,16-18H2,1-3H3,(H,25,28). The number of benzene rings is 2. The summed E-state index contributed by atoms with van der Waals surface area (Å²) in [6, 6.07) is 17.5. The van der Waals surface area contributed by atoms with Crippen LogP contribution in [0.4, 0.5) is 0 Å². The number of nitrogens with zero attached hydrogens (tertiary/aromatic N) is 1. The largest absolute Gasteiger partial charge is 0.484 e. The summed E-state index contributed by atoms with van der Waals surface area (Å²) in [7, 11) is 0. The highest BCUT2D eigenvalue weighted by atomic mass is 16.5. The summed E-state index contributed by atoms with van der Waals surface area (Å²) in [6.45, 7) is 8.51. The maximum atomic E-state index is 12.3. The van der Waals surface area contributed by atoms with Crippen LogP contribution >= 0.6 is 0 Å². The maximum absolute atomic E-state index is 12.3. The predicted molar refractivity (Wildman–Crippen MR) is 116 cm³/mol. The number of hydrogen-bond donors (Lipinski definition) is 1. The lowest BCUT2D eigenvalue weighted by Crippen LogP contribution is -2.46. The van der Waals surface area contributed by atoms with Crippen molar-refractivity contribution in [2.45, 2.75) is 39.7 Å². The first-order valence-corrected chi connectivity index (χ1v) is 10.4. The minimum Gasteiger partial charge on any atom is -0.484 e. The number of amides is 1. The number of hydrogen-bond acceptors (Lipinski definition) is 4. The van der Waals surface area contributed by atoms with E-state index >= 15 is 0 Å². The van der Waals surface area contributed by atoms with Gasteiger partial charge in [-0.25, -0.2) is 0 Å². The number of ketones is 1. The van der Waals surface area contributed by atoms with Gasteiger partial charge in [-0.05, 0) is 49.3 Å². The first kappa shape index (κ1) is 22.6. The van der Waals surface area contributed by atoms with E-state index in [0.717, 1.165) is 19.5 Å². The van der Waals surface area contributed by atoms with Crippen molar-refractivity contribution in [1.82, 2.24) is 10.2 Å². The third kappa shape index (κ3) is 7.35. The van der Waals surface area contributed by atoms with Gasteiger partial charge in [0.1, 0.15) is 5.75 Å². The topological polar surface area (TPSA) is 58.6 Å². The SMILES string of the molecule is CCC(=O)c1ccc(OCC(=O)NCC(Cc2ccccc2)N(CC)CC)cc1. The molecule has 5 heteroatoms. The zero-order valence-electron chi connectivity index (χ0n) is 17.7. The highest BCUT2D eigenvalue weighted by molar-refractivity contribution is 5.95. The Morgan fingerprint density at radius 2 is 1.62 bits per heavy atom. The molecule has 1 N–H and O–H groups in total. The molecule has 29 heavy (non-hydrogen) atoms. The molecule has 2 aromatic rings. The summed E-state index contributed by atoms with van der Waals surface area (Å²) >= 11 is 0. The average Bonchev–Trinajstić information content (AvgIpc) is 2.77. The molecule has 0 fully saturated rings. The van der Waals surface area contributed by atoms with Gasteiger partial charge < -0.3 is 10.1 Å². The molecule has 0 aliphatic carbocycles. The van der Waals surface area contributed by atoms with Crippen molar-refractivity contribution in [1.29, 1.82) is 0 Å². The fraction of sp³-hybridized carbons (Fsp3) is 0.417. The molecule has 0 aromatic heterocycles. The lowest BCUT2D eigenvalue weighted by Gasteiger charge is -2.30. The smallest absolute Gasteiger partial charge is 0.257 e. The molecule has 156 valence electrons. The number of carbonyl (C=O) groups excluding carboxylic acids is 2. The molecule has 0 heterocycles. The quantitative estimate of drug-likeness (QED) is 0.556. The predicted octanol–water partition coefficient (Wildman–Crippen LogP) is 3.73. The molecule has 1 atom stereocenters. The van der Waals surface area contributed by atoms with Gasteiger partial charge in [0.2, 0.25) is 0 Å². The molecule has 0 aliphatic heterocycles. The van der Waals surface area contributed by atoms with E-state index in [0.29, 0.717) is 24.3 Å². The second kappa shape index (κ2) is 12.0. The summed E-state index contributed by atoms with van der Waals surface area (Å²) in [5.74, 6) is 0.525. The van der Waals surface area contributed by atoms with Crippen LogP contribution in [0.1, 0.15) is 43.1 Å². The molecule has 2 aromatic carbocycles. The Labute approximate surface area is 174 Å². The summed E-state index contributed by atoms with van der Waals surface area (Å²) < 4.78 is 5.56. The zero-order chi connectivity index (χ0) is 21.1.